The Morgan fingerprint density at radius 1 is 1.24 bits per heavy atom. The molecule has 0 spiro atoms. The molecule has 0 aliphatic carbocycles. The van der Waals surface area contributed by atoms with Crippen molar-refractivity contribution in [2.45, 2.75) is 13.0 Å². The average Bonchev–Trinajstić information content (AvgIpc) is 2.40. The van der Waals surface area contributed by atoms with Crippen molar-refractivity contribution in [1.29, 1.82) is 0 Å². The number of nitro groups is 1. The molecule has 0 radical (unpaired) electrons. The molecule has 0 aliphatic heterocycles. The molecule has 0 bridgehead atoms. The van der Waals surface area contributed by atoms with Crippen LogP contribution in [0.3, 0.4) is 0 Å². The van der Waals surface area contributed by atoms with Gasteiger partial charge in [-0.2, -0.15) is 0 Å². The van der Waals surface area contributed by atoms with Crippen molar-refractivity contribution in [3.05, 3.63) is 57.9 Å². The number of hydrogen-bond donors (Lipinski definition) is 3. The molecule has 6 nitrogen and oxygen atoms in total. The van der Waals surface area contributed by atoms with E-state index in [-0.39, 0.29) is 22.7 Å². The van der Waals surface area contributed by atoms with Gasteiger partial charge in [0, 0.05) is 0 Å². The highest BCUT2D eigenvalue weighted by molar-refractivity contribution is 5.63. The largest absolute Gasteiger partial charge is 0.507 e. The average molecular weight is 292 g/mol. The smallest absolute Gasteiger partial charge is 0.295 e. The quantitative estimate of drug-likeness (QED) is 0.593. The van der Waals surface area contributed by atoms with Crippen LogP contribution in [-0.2, 0) is 0 Å². The van der Waals surface area contributed by atoms with Crippen LogP contribution in [0.2, 0.25) is 0 Å². The first kappa shape index (κ1) is 14.6. The van der Waals surface area contributed by atoms with Crippen molar-refractivity contribution < 1.29 is 19.5 Å². The first-order valence-corrected chi connectivity index (χ1v) is 6.11. The van der Waals surface area contributed by atoms with E-state index in [2.05, 4.69) is 5.32 Å². The molecule has 21 heavy (non-hydrogen) atoms. The summed E-state index contributed by atoms with van der Waals surface area (Å²) in [6.45, 7) is 1.61. The number of phenolic OH excluding ortho intramolecular Hbond substituents is 2. The monoisotopic (exact) mass is 292 g/mol. The molecular formula is C14H13FN2O4. The minimum absolute atomic E-state index is 0.0940. The summed E-state index contributed by atoms with van der Waals surface area (Å²) in [5.41, 5.74) is -0.121. The number of nitro benzene ring substituents is 1. The van der Waals surface area contributed by atoms with E-state index >= 15 is 0 Å². The number of hydrogen-bond acceptors (Lipinski definition) is 5. The van der Waals surface area contributed by atoms with E-state index in [0.717, 1.165) is 12.1 Å². The van der Waals surface area contributed by atoms with E-state index < -0.39 is 22.5 Å². The van der Waals surface area contributed by atoms with Crippen molar-refractivity contribution >= 4 is 11.4 Å². The summed E-state index contributed by atoms with van der Waals surface area (Å²) in [4.78, 5) is 10.2. The van der Waals surface area contributed by atoms with E-state index in [1.54, 1.807) is 6.92 Å². The summed E-state index contributed by atoms with van der Waals surface area (Å²) in [6, 6.07) is 6.78. The lowest BCUT2D eigenvalue weighted by molar-refractivity contribution is -0.384. The molecule has 0 aromatic heterocycles. The number of rotatable bonds is 4. The molecule has 1 unspecified atom stereocenters. The van der Waals surface area contributed by atoms with Crippen LogP contribution in [0.1, 0.15) is 18.5 Å². The van der Waals surface area contributed by atoms with Gasteiger partial charge in [0.25, 0.3) is 5.69 Å². The molecule has 0 aliphatic rings. The summed E-state index contributed by atoms with van der Waals surface area (Å²) < 4.78 is 13.1. The topological polar surface area (TPSA) is 95.6 Å². The Morgan fingerprint density at radius 3 is 2.43 bits per heavy atom. The predicted molar refractivity (Wildman–Crippen MR) is 74.9 cm³/mol. The van der Waals surface area contributed by atoms with Crippen LogP contribution in [0, 0.1) is 15.9 Å². The predicted octanol–water partition coefficient (Wildman–Crippen LogP) is 3.32. The van der Waals surface area contributed by atoms with Gasteiger partial charge >= 0.3 is 0 Å². The van der Waals surface area contributed by atoms with E-state index in [0.29, 0.717) is 0 Å². The van der Waals surface area contributed by atoms with Crippen LogP contribution in [0.15, 0.2) is 36.4 Å². The Bertz CT molecular complexity index is 670. The zero-order valence-electron chi connectivity index (χ0n) is 11.1. The number of aromatic hydroxyl groups is 2. The minimum Gasteiger partial charge on any atom is -0.507 e. The van der Waals surface area contributed by atoms with Crippen LogP contribution in [0.4, 0.5) is 15.8 Å². The molecule has 7 heteroatoms. The summed E-state index contributed by atoms with van der Waals surface area (Å²) in [5, 5.41) is 33.3. The van der Waals surface area contributed by atoms with Gasteiger partial charge in [0.2, 0.25) is 0 Å². The van der Waals surface area contributed by atoms with Gasteiger partial charge in [-0.05, 0) is 31.2 Å². The second kappa shape index (κ2) is 5.66. The van der Waals surface area contributed by atoms with Crippen molar-refractivity contribution in [3.63, 3.8) is 0 Å². The maximum absolute atomic E-state index is 13.1. The van der Waals surface area contributed by atoms with Crippen LogP contribution in [0.5, 0.6) is 11.5 Å². The van der Waals surface area contributed by atoms with Gasteiger partial charge in [-0.25, -0.2) is 4.39 Å². The van der Waals surface area contributed by atoms with E-state index in [1.807, 2.05) is 0 Å². The highest BCUT2D eigenvalue weighted by Crippen LogP contribution is 2.36. The molecule has 2 aromatic carbocycles. The maximum atomic E-state index is 13.1. The summed E-state index contributed by atoms with van der Waals surface area (Å²) in [6.07, 6.45) is 0. The van der Waals surface area contributed by atoms with Gasteiger partial charge in [-0.3, -0.25) is 10.1 Å². The fourth-order valence-corrected chi connectivity index (χ4v) is 2.07. The molecule has 110 valence electrons. The molecule has 0 saturated carbocycles. The Morgan fingerprint density at radius 2 is 1.86 bits per heavy atom. The van der Waals surface area contributed by atoms with Gasteiger partial charge < -0.3 is 15.5 Å². The molecule has 0 heterocycles. The Balaban J connectivity index is 2.36. The van der Waals surface area contributed by atoms with Crippen molar-refractivity contribution in [1.82, 2.24) is 0 Å². The van der Waals surface area contributed by atoms with Gasteiger partial charge in [0.15, 0.2) is 0 Å². The number of phenols is 2. The highest BCUT2D eigenvalue weighted by Gasteiger charge is 2.20. The van der Waals surface area contributed by atoms with Gasteiger partial charge in [-0.1, -0.05) is 6.07 Å². The van der Waals surface area contributed by atoms with Crippen molar-refractivity contribution in [2.75, 3.05) is 5.32 Å². The summed E-state index contributed by atoms with van der Waals surface area (Å²) in [5.74, 6) is -0.996. The van der Waals surface area contributed by atoms with E-state index in [4.69, 9.17) is 0 Å². The lowest BCUT2D eigenvalue weighted by Gasteiger charge is -2.18. The third-order valence-corrected chi connectivity index (χ3v) is 3.02. The number of nitrogens with one attached hydrogen (secondary N) is 1. The summed E-state index contributed by atoms with van der Waals surface area (Å²) >= 11 is 0. The molecular weight excluding hydrogens is 279 g/mol. The molecule has 1 atom stereocenters. The van der Waals surface area contributed by atoms with E-state index in [1.165, 1.54) is 24.3 Å². The Kier molecular flexibility index (Phi) is 3.93. The molecule has 0 saturated heterocycles. The van der Waals surface area contributed by atoms with Gasteiger partial charge in [0.1, 0.15) is 23.0 Å². The van der Waals surface area contributed by atoms with Crippen molar-refractivity contribution in [2.24, 2.45) is 0 Å². The first-order valence-electron chi connectivity index (χ1n) is 6.11. The molecule has 3 N–H and O–H groups in total. The first-order chi connectivity index (χ1) is 9.90. The normalized spacial score (nSPS) is 11.9. The van der Waals surface area contributed by atoms with Gasteiger partial charge in [0.05, 0.1) is 22.6 Å². The zero-order chi connectivity index (χ0) is 15.6. The number of benzene rings is 2. The fourth-order valence-electron chi connectivity index (χ4n) is 2.07. The molecule has 2 aromatic rings. The third-order valence-electron chi connectivity index (χ3n) is 3.02. The van der Waals surface area contributed by atoms with Crippen LogP contribution >= 0.6 is 0 Å². The van der Waals surface area contributed by atoms with Crippen molar-refractivity contribution in [3.8, 4) is 11.5 Å². The second-order valence-corrected chi connectivity index (χ2v) is 4.49. The lowest BCUT2D eigenvalue weighted by Crippen LogP contribution is -2.09. The third kappa shape index (κ3) is 3.02. The molecule has 2 rings (SSSR count). The molecule has 0 amide bonds. The second-order valence-electron chi connectivity index (χ2n) is 4.49. The molecule has 0 fully saturated rings. The van der Waals surface area contributed by atoms with E-state index in [9.17, 15) is 24.7 Å². The standard InChI is InChI=1S/C14H13FN2O4/c1-8(14-12(18)3-2-4-13(14)19)16-10-6-5-9(15)7-11(10)17(20)21/h2-8,16,18-19H,1H3. The highest BCUT2D eigenvalue weighted by atomic mass is 19.1. The SMILES string of the molecule is CC(Nc1ccc(F)cc1[N+](=O)[O-])c1c(O)cccc1O. The summed E-state index contributed by atoms with van der Waals surface area (Å²) in [7, 11) is 0. The van der Waals surface area contributed by atoms with Crippen LogP contribution in [0.25, 0.3) is 0 Å². The Labute approximate surface area is 119 Å². The lowest BCUT2D eigenvalue weighted by atomic mass is 10.1. The van der Waals surface area contributed by atoms with Gasteiger partial charge in [-0.15, -0.1) is 0 Å². The van der Waals surface area contributed by atoms with Crippen LogP contribution in [-0.4, -0.2) is 15.1 Å². The number of halogens is 1. The minimum atomic E-state index is -0.717. The number of nitrogens with zero attached hydrogens (tertiary/aromatic N) is 1. The zero-order valence-corrected chi connectivity index (χ0v) is 11.1. The van der Waals surface area contributed by atoms with Crippen LogP contribution < -0.4 is 5.32 Å². The Hall–Kier alpha value is -2.83. The number of anilines is 1. The maximum Gasteiger partial charge on any atom is 0.295 e. The fraction of sp³-hybridized carbons (Fsp3) is 0.143.